The Morgan fingerprint density at radius 2 is 2.44 bits per heavy atom. The third kappa shape index (κ3) is 2.07. The lowest BCUT2D eigenvalue weighted by atomic mass is 10.2. The van der Waals surface area contributed by atoms with Gasteiger partial charge in [0.1, 0.15) is 12.3 Å². The summed E-state index contributed by atoms with van der Waals surface area (Å²) in [6, 6.07) is 1.33. The smallest absolute Gasteiger partial charge is 0.251 e. The molecule has 88 valence electrons. The van der Waals surface area contributed by atoms with Gasteiger partial charge in [0.25, 0.3) is 5.56 Å². The number of aromatic nitrogens is 2. The van der Waals surface area contributed by atoms with E-state index in [1.165, 1.54) is 12.3 Å². The second-order valence-electron chi connectivity index (χ2n) is 3.63. The van der Waals surface area contributed by atoms with Crippen LogP contribution in [0.15, 0.2) is 17.1 Å². The molecule has 6 nitrogen and oxygen atoms in total. The molecule has 1 aliphatic rings. The van der Waals surface area contributed by atoms with Crippen LogP contribution in [0.2, 0.25) is 0 Å². The molecule has 7 heteroatoms. The minimum absolute atomic E-state index is 0.239. The first kappa shape index (κ1) is 11.5. The first-order valence-corrected chi connectivity index (χ1v) is 5.28. The number of H-pyrrole nitrogens is 1. The molecule has 0 spiro atoms. The average Bonchev–Trinajstić information content (AvgIpc) is 2.59. The van der Waals surface area contributed by atoms with Crippen molar-refractivity contribution in [2.45, 2.75) is 24.9 Å². The van der Waals surface area contributed by atoms with E-state index in [1.807, 2.05) is 0 Å². The second-order valence-corrected chi connectivity index (χ2v) is 4.02. The van der Waals surface area contributed by atoms with Crippen LogP contribution in [0.1, 0.15) is 12.6 Å². The largest absolute Gasteiger partial charge is 0.394 e. The molecule has 0 saturated carbocycles. The molecule has 0 bridgehead atoms. The lowest BCUT2D eigenvalue weighted by Crippen LogP contribution is -2.24. The summed E-state index contributed by atoms with van der Waals surface area (Å²) in [5, 5.41) is 18.5. The third-order valence-corrected chi connectivity index (χ3v) is 2.86. The van der Waals surface area contributed by atoms with E-state index in [4.69, 9.17) is 22.1 Å². The lowest BCUT2D eigenvalue weighted by Gasteiger charge is -2.14. The number of hydrogen-bond donors (Lipinski definition) is 3. The average molecular weight is 244 g/mol. The Morgan fingerprint density at radius 1 is 1.69 bits per heavy atom. The second kappa shape index (κ2) is 4.46. The van der Waals surface area contributed by atoms with E-state index in [-0.39, 0.29) is 16.9 Å². The molecule has 0 aliphatic carbocycles. The van der Waals surface area contributed by atoms with Crippen molar-refractivity contribution in [2.24, 2.45) is 0 Å². The fourth-order valence-corrected chi connectivity index (χ4v) is 1.98. The maximum absolute atomic E-state index is 11.0. The van der Waals surface area contributed by atoms with E-state index in [1.54, 1.807) is 4.57 Å². The zero-order valence-electron chi connectivity index (χ0n) is 8.37. The number of aliphatic hydroxyl groups excluding tert-OH is 2. The van der Waals surface area contributed by atoms with Crippen LogP contribution in [0.4, 0.5) is 0 Å². The molecule has 0 amide bonds. The van der Waals surface area contributed by atoms with Crippen molar-refractivity contribution in [3.63, 3.8) is 0 Å². The van der Waals surface area contributed by atoms with Crippen LogP contribution in [0.5, 0.6) is 0 Å². The van der Waals surface area contributed by atoms with E-state index < -0.39 is 18.4 Å². The Morgan fingerprint density at radius 3 is 3.00 bits per heavy atom. The highest BCUT2D eigenvalue weighted by Gasteiger charge is 2.34. The van der Waals surface area contributed by atoms with Gasteiger partial charge >= 0.3 is 0 Å². The molecule has 1 unspecified atom stereocenters. The van der Waals surface area contributed by atoms with E-state index in [0.29, 0.717) is 6.42 Å². The minimum atomic E-state index is -0.719. The number of rotatable bonds is 2. The van der Waals surface area contributed by atoms with Crippen LogP contribution in [0.3, 0.4) is 0 Å². The van der Waals surface area contributed by atoms with Gasteiger partial charge in [0.2, 0.25) is 0 Å². The van der Waals surface area contributed by atoms with Gasteiger partial charge in [-0.05, 0) is 12.2 Å². The number of nitrogens with one attached hydrogen (secondary N) is 1. The van der Waals surface area contributed by atoms with Crippen LogP contribution in [0, 0.1) is 4.77 Å². The summed E-state index contributed by atoms with van der Waals surface area (Å²) in [6.07, 6.45) is 0.0864. The molecule has 0 radical (unpaired) electrons. The summed E-state index contributed by atoms with van der Waals surface area (Å²) >= 11 is 4.97. The van der Waals surface area contributed by atoms with Gasteiger partial charge < -0.3 is 14.9 Å². The monoisotopic (exact) mass is 244 g/mol. The molecule has 16 heavy (non-hydrogen) atoms. The molecule has 1 aromatic rings. The first-order chi connectivity index (χ1) is 7.61. The van der Waals surface area contributed by atoms with Crippen molar-refractivity contribution in [1.82, 2.24) is 9.55 Å². The van der Waals surface area contributed by atoms with Gasteiger partial charge in [-0.2, -0.15) is 0 Å². The van der Waals surface area contributed by atoms with Crippen molar-refractivity contribution in [3.05, 3.63) is 27.4 Å². The summed E-state index contributed by atoms with van der Waals surface area (Å²) in [5.74, 6) is 0. The maximum Gasteiger partial charge on any atom is 0.251 e. The minimum Gasteiger partial charge on any atom is -0.394 e. The number of hydrogen-bond acceptors (Lipinski definition) is 5. The van der Waals surface area contributed by atoms with Gasteiger partial charge in [0, 0.05) is 18.7 Å². The predicted molar refractivity (Wildman–Crippen MR) is 57.5 cm³/mol. The van der Waals surface area contributed by atoms with Crippen molar-refractivity contribution in [2.75, 3.05) is 6.61 Å². The van der Waals surface area contributed by atoms with Crippen LogP contribution in [-0.2, 0) is 4.74 Å². The number of ether oxygens (including phenoxy) is 1. The fourth-order valence-electron chi connectivity index (χ4n) is 1.70. The van der Waals surface area contributed by atoms with Crippen molar-refractivity contribution >= 4 is 12.2 Å². The first-order valence-electron chi connectivity index (χ1n) is 4.87. The zero-order valence-corrected chi connectivity index (χ0v) is 9.18. The van der Waals surface area contributed by atoms with Crippen LogP contribution >= 0.6 is 12.2 Å². The van der Waals surface area contributed by atoms with Crippen molar-refractivity contribution < 1.29 is 14.9 Å². The van der Waals surface area contributed by atoms with E-state index in [2.05, 4.69) is 4.98 Å². The van der Waals surface area contributed by atoms with Crippen LogP contribution in [-0.4, -0.2) is 38.6 Å². The molecule has 2 rings (SSSR count). The van der Waals surface area contributed by atoms with Crippen molar-refractivity contribution in [3.8, 4) is 0 Å². The Labute approximate surface area is 96.1 Å². The molecule has 0 aromatic carbocycles. The quantitative estimate of drug-likeness (QED) is 0.613. The van der Waals surface area contributed by atoms with Crippen molar-refractivity contribution in [1.29, 1.82) is 0 Å². The molecule has 3 N–H and O–H groups in total. The SMILES string of the molecule is O=c1ccn([C@H]2CC(O)[C@@H](CO)O2)c(=S)[nH]1. The Kier molecular flexibility index (Phi) is 3.20. The summed E-state index contributed by atoms with van der Waals surface area (Å²) in [5.41, 5.74) is -0.279. The lowest BCUT2D eigenvalue weighted by molar-refractivity contribution is -0.0453. The Balaban J connectivity index is 2.27. The van der Waals surface area contributed by atoms with Gasteiger partial charge in [0.05, 0.1) is 12.7 Å². The normalized spacial score (nSPS) is 29.5. The van der Waals surface area contributed by atoms with E-state index >= 15 is 0 Å². The predicted octanol–water partition coefficient (Wildman–Crippen LogP) is -0.453. The summed E-state index contributed by atoms with van der Waals surface area (Å²) < 4.78 is 7.19. The van der Waals surface area contributed by atoms with Gasteiger partial charge in [-0.3, -0.25) is 14.3 Å². The van der Waals surface area contributed by atoms with E-state index in [9.17, 15) is 9.90 Å². The molecule has 1 fully saturated rings. The fraction of sp³-hybridized carbons (Fsp3) is 0.556. The zero-order chi connectivity index (χ0) is 11.7. The Hall–Kier alpha value is -1.02. The molecule has 1 aromatic heterocycles. The van der Waals surface area contributed by atoms with Gasteiger partial charge in [-0.15, -0.1) is 0 Å². The molecule has 1 saturated heterocycles. The van der Waals surface area contributed by atoms with Gasteiger partial charge in [-0.1, -0.05) is 0 Å². The highest BCUT2D eigenvalue weighted by molar-refractivity contribution is 7.71. The van der Waals surface area contributed by atoms with Crippen LogP contribution in [0.25, 0.3) is 0 Å². The molecule has 1 aliphatic heterocycles. The number of nitrogens with zero attached hydrogens (tertiary/aromatic N) is 1. The molecular formula is C9H12N2O4S. The van der Waals surface area contributed by atoms with Gasteiger partial charge in [-0.25, -0.2) is 0 Å². The molecule has 3 atom stereocenters. The topological polar surface area (TPSA) is 87.5 Å². The summed E-state index contributed by atoms with van der Waals surface area (Å²) in [6.45, 7) is -0.242. The van der Waals surface area contributed by atoms with E-state index in [0.717, 1.165) is 0 Å². The highest BCUT2D eigenvalue weighted by atomic mass is 32.1. The molecule has 2 heterocycles. The molecular weight excluding hydrogens is 232 g/mol. The highest BCUT2D eigenvalue weighted by Crippen LogP contribution is 2.28. The van der Waals surface area contributed by atoms with Crippen LogP contribution < -0.4 is 5.56 Å². The summed E-state index contributed by atoms with van der Waals surface area (Å²) in [4.78, 5) is 13.4. The summed E-state index contributed by atoms with van der Waals surface area (Å²) in [7, 11) is 0. The maximum atomic E-state index is 11.0. The number of aliphatic hydroxyl groups is 2. The standard InChI is InChI=1S/C9H12N2O4S/c12-4-6-5(13)3-8(15-6)11-2-1-7(14)10-9(11)16/h1-2,5-6,8,12-13H,3-4H2,(H,10,14,16)/t5?,6-,8-/m1/s1. The Bertz CT molecular complexity index is 483. The third-order valence-electron chi connectivity index (χ3n) is 2.55. The number of aromatic amines is 1. The van der Waals surface area contributed by atoms with Gasteiger partial charge in [0.15, 0.2) is 4.77 Å².